The first kappa shape index (κ1) is 17.9. The lowest BCUT2D eigenvalue weighted by molar-refractivity contribution is -0.323. The molecule has 0 saturated carbocycles. The van der Waals surface area contributed by atoms with Crippen LogP contribution in [0.1, 0.15) is 0 Å². The molecular formula is C12H22O10. The van der Waals surface area contributed by atoms with Crippen LogP contribution in [-0.4, -0.2) is 115 Å². The fraction of sp³-hybridized carbons (Fsp3) is 1.00. The van der Waals surface area contributed by atoms with Crippen molar-refractivity contribution in [3.63, 3.8) is 0 Å². The highest BCUT2D eigenvalue weighted by Crippen LogP contribution is 2.35. The van der Waals surface area contributed by atoms with Crippen LogP contribution >= 0.6 is 0 Å². The van der Waals surface area contributed by atoms with Gasteiger partial charge in [-0.15, -0.1) is 0 Å². The van der Waals surface area contributed by atoms with Gasteiger partial charge in [0.25, 0.3) is 0 Å². The first-order chi connectivity index (χ1) is 10.3. The Labute approximate surface area is 125 Å². The van der Waals surface area contributed by atoms with Crippen molar-refractivity contribution in [1.29, 1.82) is 0 Å². The van der Waals surface area contributed by atoms with Crippen LogP contribution in [0.2, 0.25) is 0 Å². The fourth-order valence-corrected chi connectivity index (χ4v) is 2.85. The van der Waals surface area contributed by atoms with Gasteiger partial charge in [0, 0.05) is 0 Å². The molecule has 0 spiro atoms. The summed E-state index contributed by atoms with van der Waals surface area (Å²) in [6.45, 7) is -1.89. The predicted octanol–water partition coefficient (Wildman–Crippen LogP) is -5.33. The maximum Gasteiger partial charge on any atom is 0.145 e. The van der Waals surface area contributed by atoms with Crippen LogP contribution in [0, 0.1) is 0 Å². The topological polar surface area (TPSA) is 180 Å². The molecule has 2 saturated heterocycles. The standard InChI is InChI=1S/C12H22O10/c13-1-4-7(16)10(19)12(20,3-21-4)11-9(18)8(17)6(15)5(2-14)22-11/h4-11,13-20H,1-3H2/t4-,5-,6+,7-,8+,9-,10+,11-,12+/m1/s1. The molecule has 0 amide bonds. The predicted molar refractivity (Wildman–Crippen MR) is 67.6 cm³/mol. The van der Waals surface area contributed by atoms with E-state index < -0.39 is 74.3 Å². The van der Waals surface area contributed by atoms with Gasteiger partial charge in [-0.05, 0) is 0 Å². The van der Waals surface area contributed by atoms with Crippen molar-refractivity contribution < 1.29 is 50.3 Å². The zero-order valence-corrected chi connectivity index (χ0v) is 11.6. The Hall–Kier alpha value is -0.400. The fourth-order valence-electron chi connectivity index (χ4n) is 2.85. The average Bonchev–Trinajstić information content (AvgIpc) is 2.51. The SMILES string of the molecule is OC[C@H]1O[C@@H]([C@]2(O)CO[C@H](CO)[C@@H](O)[C@@H]2O)[C@H](O)[C@@H](O)[C@H]1O. The van der Waals surface area contributed by atoms with E-state index in [2.05, 4.69) is 0 Å². The number of hydrogen-bond acceptors (Lipinski definition) is 10. The van der Waals surface area contributed by atoms with Gasteiger partial charge >= 0.3 is 0 Å². The smallest absolute Gasteiger partial charge is 0.145 e. The van der Waals surface area contributed by atoms with Crippen LogP contribution in [0.5, 0.6) is 0 Å². The summed E-state index contributed by atoms with van der Waals surface area (Å²) in [5.74, 6) is 0. The molecule has 0 radical (unpaired) electrons. The summed E-state index contributed by atoms with van der Waals surface area (Å²) in [5.41, 5.74) is -2.31. The molecule has 0 aromatic rings. The van der Waals surface area contributed by atoms with Gasteiger partial charge in [-0.3, -0.25) is 0 Å². The quantitative estimate of drug-likeness (QED) is 0.249. The van der Waals surface area contributed by atoms with Crippen LogP contribution in [0.4, 0.5) is 0 Å². The Morgan fingerprint density at radius 2 is 1.41 bits per heavy atom. The van der Waals surface area contributed by atoms with Gasteiger partial charge in [0.2, 0.25) is 0 Å². The molecule has 10 heteroatoms. The zero-order valence-electron chi connectivity index (χ0n) is 11.6. The number of ether oxygens (including phenoxy) is 2. The van der Waals surface area contributed by atoms with Crippen LogP contribution in [-0.2, 0) is 9.47 Å². The van der Waals surface area contributed by atoms with Gasteiger partial charge < -0.3 is 50.3 Å². The van der Waals surface area contributed by atoms with Crippen molar-refractivity contribution in [2.75, 3.05) is 19.8 Å². The Balaban J connectivity index is 2.24. The number of rotatable bonds is 3. The number of hydrogen-bond donors (Lipinski definition) is 8. The highest BCUT2D eigenvalue weighted by Gasteiger charge is 2.59. The summed E-state index contributed by atoms with van der Waals surface area (Å²) in [6.07, 6.45) is -12.7. The van der Waals surface area contributed by atoms with E-state index in [1.807, 2.05) is 0 Å². The maximum atomic E-state index is 10.6. The van der Waals surface area contributed by atoms with Crippen molar-refractivity contribution in [3.05, 3.63) is 0 Å². The van der Waals surface area contributed by atoms with Gasteiger partial charge in [-0.2, -0.15) is 0 Å². The minimum atomic E-state index is -2.31. The molecule has 2 rings (SSSR count). The molecule has 0 bridgehead atoms. The summed E-state index contributed by atoms with van der Waals surface area (Å²) < 4.78 is 10.2. The van der Waals surface area contributed by atoms with E-state index in [0.717, 1.165) is 0 Å². The third kappa shape index (κ3) is 2.76. The normalized spacial score (nSPS) is 53.5. The summed E-state index contributed by atoms with van der Waals surface area (Å²) in [7, 11) is 0. The lowest BCUT2D eigenvalue weighted by Gasteiger charge is -2.51. The zero-order chi connectivity index (χ0) is 16.7. The van der Waals surface area contributed by atoms with Crippen molar-refractivity contribution in [3.8, 4) is 0 Å². The van der Waals surface area contributed by atoms with Crippen LogP contribution in [0.25, 0.3) is 0 Å². The highest BCUT2D eigenvalue weighted by molar-refractivity contribution is 5.08. The van der Waals surface area contributed by atoms with Crippen molar-refractivity contribution in [2.45, 2.75) is 54.4 Å². The molecule has 9 atom stereocenters. The van der Waals surface area contributed by atoms with E-state index in [-0.39, 0.29) is 0 Å². The Morgan fingerprint density at radius 1 is 0.818 bits per heavy atom. The van der Waals surface area contributed by atoms with Crippen molar-refractivity contribution in [1.82, 2.24) is 0 Å². The second-order valence-electron chi connectivity index (χ2n) is 5.71. The minimum Gasteiger partial charge on any atom is -0.394 e. The third-order valence-electron chi connectivity index (χ3n) is 4.31. The van der Waals surface area contributed by atoms with Gasteiger partial charge in [-0.1, -0.05) is 0 Å². The summed E-state index contributed by atoms with van der Waals surface area (Å²) in [4.78, 5) is 0. The van der Waals surface area contributed by atoms with Gasteiger partial charge in [0.1, 0.15) is 54.4 Å². The first-order valence-corrected chi connectivity index (χ1v) is 6.89. The molecule has 0 aliphatic carbocycles. The Morgan fingerprint density at radius 3 is 1.95 bits per heavy atom. The first-order valence-electron chi connectivity index (χ1n) is 6.89. The molecule has 2 heterocycles. The second-order valence-corrected chi connectivity index (χ2v) is 5.71. The van der Waals surface area contributed by atoms with E-state index in [4.69, 9.17) is 19.7 Å². The molecule has 130 valence electrons. The largest absolute Gasteiger partial charge is 0.394 e. The Kier molecular flexibility index (Phi) is 5.39. The molecule has 2 aliphatic heterocycles. The lowest BCUT2D eigenvalue weighted by Crippen LogP contribution is -2.73. The molecule has 22 heavy (non-hydrogen) atoms. The Bertz CT molecular complexity index is 379. The summed E-state index contributed by atoms with van der Waals surface area (Å²) in [6, 6.07) is 0. The van der Waals surface area contributed by atoms with Crippen molar-refractivity contribution in [2.24, 2.45) is 0 Å². The monoisotopic (exact) mass is 326 g/mol. The molecule has 10 nitrogen and oxygen atoms in total. The minimum absolute atomic E-state index is 0.594. The lowest BCUT2D eigenvalue weighted by atomic mass is 9.78. The maximum absolute atomic E-state index is 10.6. The van der Waals surface area contributed by atoms with Crippen LogP contribution < -0.4 is 0 Å². The van der Waals surface area contributed by atoms with E-state index in [1.165, 1.54) is 0 Å². The van der Waals surface area contributed by atoms with Gasteiger partial charge in [0.05, 0.1) is 19.8 Å². The summed E-state index contributed by atoms with van der Waals surface area (Å²) >= 11 is 0. The van der Waals surface area contributed by atoms with E-state index in [9.17, 15) is 30.6 Å². The van der Waals surface area contributed by atoms with Gasteiger partial charge in [0.15, 0.2) is 0 Å². The molecule has 0 unspecified atom stereocenters. The third-order valence-corrected chi connectivity index (χ3v) is 4.31. The van der Waals surface area contributed by atoms with Crippen molar-refractivity contribution >= 4 is 0 Å². The number of aliphatic hydroxyl groups excluding tert-OH is 7. The molecule has 2 fully saturated rings. The highest BCUT2D eigenvalue weighted by atomic mass is 16.6. The molecule has 0 aromatic carbocycles. The second kappa shape index (κ2) is 6.61. The number of aliphatic hydroxyl groups is 8. The molecule has 0 aromatic heterocycles. The van der Waals surface area contributed by atoms with E-state index in [0.29, 0.717) is 0 Å². The van der Waals surface area contributed by atoms with Crippen LogP contribution in [0.15, 0.2) is 0 Å². The van der Waals surface area contributed by atoms with Crippen LogP contribution in [0.3, 0.4) is 0 Å². The van der Waals surface area contributed by atoms with Gasteiger partial charge in [-0.25, -0.2) is 0 Å². The summed E-state index contributed by atoms with van der Waals surface area (Å²) in [5, 5.41) is 78.1. The molecule has 8 N–H and O–H groups in total. The molecule has 2 aliphatic rings. The van der Waals surface area contributed by atoms with E-state index >= 15 is 0 Å². The molecular weight excluding hydrogens is 304 g/mol. The average molecular weight is 326 g/mol. The van der Waals surface area contributed by atoms with E-state index in [1.54, 1.807) is 0 Å².